The summed E-state index contributed by atoms with van der Waals surface area (Å²) in [6.07, 6.45) is 3.65. The summed E-state index contributed by atoms with van der Waals surface area (Å²) in [5.41, 5.74) is 10.4. The number of rotatable bonds is 4. The molecule has 9 rings (SSSR count). The van der Waals surface area contributed by atoms with Crippen LogP contribution < -0.4 is 0 Å². The van der Waals surface area contributed by atoms with Crippen LogP contribution in [0.3, 0.4) is 0 Å². The van der Waals surface area contributed by atoms with Crippen molar-refractivity contribution >= 4 is 43.6 Å². The molecule has 0 aliphatic rings. The Hall–Kier alpha value is -6.95. The smallest absolute Gasteiger partial charge is 0.100 e. The van der Waals surface area contributed by atoms with E-state index in [0.29, 0.717) is 11.1 Å². The number of benzene rings is 6. The number of hydrogen-bond donors (Lipinski definition) is 0. The Labute approximate surface area is 276 Å². The van der Waals surface area contributed by atoms with Crippen LogP contribution in [0.4, 0.5) is 0 Å². The second-order valence-corrected chi connectivity index (χ2v) is 11.8. The highest BCUT2D eigenvalue weighted by molar-refractivity contribution is 6.11. The Morgan fingerprint density at radius 3 is 1.46 bits per heavy atom. The second kappa shape index (κ2) is 10.8. The van der Waals surface area contributed by atoms with Gasteiger partial charge in [-0.2, -0.15) is 10.5 Å². The fourth-order valence-corrected chi connectivity index (χ4v) is 7.29. The monoisotopic (exact) mass is 611 g/mol. The number of nitriles is 2. The average Bonchev–Trinajstić information content (AvgIpc) is 3.67. The van der Waals surface area contributed by atoms with Gasteiger partial charge in [0.1, 0.15) is 6.07 Å². The van der Waals surface area contributed by atoms with Crippen molar-refractivity contribution < 1.29 is 0 Å². The fourth-order valence-electron chi connectivity index (χ4n) is 7.29. The molecule has 5 heteroatoms. The maximum atomic E-state index is 10.9. The third kappa shape index (κ3) is 3.99. The summed E-state index contributed by atoms with van der Waals surface area (Å²) >= 11 is 0. The number of fused-ring (bicyclic) bond motifs is 6. The normalized spacial score (nSPS) is 11.3. The van der Waals surface area contributed by atoms with E-state index >= 15 is 0 Å². The minimum Gasteiger partial charge on any atom is -0.309 e. The highest BCUT2D eigenvalue weighted by atomic mass is 15.0. The Morgan fingerprint density at radius 1 is 0.438 bits per heavy atom. The summed E-state index contributed by atoms with van der Waals surface area (Å²) in [5.74, 6) is 0. The average molecular weight is 612 g/mol. The lowest BCUT2D eigenvalue weighted by atomic mass is 9.90. The van der Waals surface area contributed by atoms with E-state index in [1.165, 1.54) is 0 Å². The minimum absolute atomic E-state index is 0.527. The van der Waals surface area contributed by atoms with Crippen molar-refractivity contribution in [2.24, 2.45) is 0 Å². The Morgan fingerprint density at radius 2 is 0.938 bits per heavy atom. The van der Waals surface area contributed by atoms with Gasteiger partial charge in [0.2, 0.25) is 0 Å². The van der Waals surface area contributed by atoms with Gasteiger partial charge >= 0.3 is 0 Å². The Bertz CT molecular complexity index is 2710. The zero-order chi connectivity index (χ0) is 32.2. The minimum atomic E-state index is 0.527. The summed E-state index contributed by atoms with van der Waals surface area (Å²) in [6.45, 7) is 0. The maximum absolute atomic E-state index is 10.9. The molecule has 5 nitrogen and oxygen atoms in total. The number of aromatic nitrogens is 3. The van der Waals surface area contributed by atoms with Gasteiger partial charge in [-0.3, -0.25) is 4.98 Å². The van der Waals surface area contributed by atoms with E-state index in [2.05, 4.69) is 99.1 Å². The Kier molecular flexibility index (Phi) is 6.18. The van der Waals surface area contributed by atoms with Gasteiger partial charge in [0.05, 0.1) is 56.8 Å². The molecule has 3 aromatic heterocycles. The summed E-state index contributed by atoms with van der Waals surface area (Å²) in [7, 11) is 0. The molecule has 6 aromatic carbocycles. The molecule has 9 aromatic rings. The zero-order valence-electron chi connectivity index (χ0n) is 25.7. The zero-order valence-corrected chi connectivity index (χ0v) is 25.7. The van der Waals surface area contributed by atoms with Crippen molar-refractivity contribution in [1.29, 1.82) is 10.5 Å². The van der Waals surface area contributed by atoms with E-state index in [-0.39, 0.29) is 0 Å². The van der Waals surface area contributed by atoms with E-state index in [4.69, 9.17) is 0 Å². The van der Waals surface area contributed by atoms with Gasteiger partial charge in [-0.25, -0.2) is 0 Å². The molecule has 0 saturated carbocycles. The summed E-state index contributed by atoms with van der Waals surface area (Å²) in [6, 6.07) is 52.1. The molecule has 0 bridgehead atoms. The van der Waals surface area contributed by atoms with Gasteiger partial charge in [0, 0.05) is 50.0 Å². The third-order valence-corrected chi connectivity index (χ3v) is 9.32. The highest BCUT2D eigenvalue weighted by Gasteiger charge is 2.22. The van der Waals surface area contributed by atoms with Crippen molar-refractivity contribution in [3.63, 3.8) is 0 Å². The summed E-state index contributed by atoms with van der Waals surface area (Å²) < 4.78 is 4.48. The van der Waals surface area contributed by atoms with Crippen molar-refractivity contribution in [2.45, 2.75) is 0 Å². The lowest BCUT2D eigenvalue weighted by Gasteiger charge is -2.18. The highest BCUT2D eigenvalue weighted by Crippen LogP contribution is 2.41. The van der Waals surface area contributed by atoms with Crippen LogP contribution in [0.25, 0.3) is 77.2 Å². The first-order chi connectivity index (χ1) is 23.8. The first-order valence-corrected chi connectivity index (χ1v) is 15.8. The van der Waals surface area contributed by atoms with Gasteiger partial charge < -0.3 is 9.13 Å². The number of nitrogens with zero attached hydrogens (tertiary/aromatic N) is 5. The molecular weight excluding hydrogens is 587 g/mol. The molecule has 0 unspecified atom stereocenters. The first kappa shape index (κ1) is 27.4. The number of pyridine rings is 1. The van der Waals surface area contributed by atoms with Crippen LogP contribution in [0.1, 0.15) is 11.1 Å². The SMILES string of the molecule is N#Cc1ccc(-n2c3ccccc3c3ccccc32)c(-c2cccc(-c3ccncc3-n3c4ccccc4c4ccccc43)c2C#N)c1. The molecular formula is C43H25N5. The van der Waals surface area contributed by atoms with Gasteiger partial charge in [-0.05, 0) is 48.5 Å². The van der Waals surface area contributed by atoms with Gasteiger partial charge in [0.15, 0.2) is 0 Å². The van der Waals surface area contributed by atoms with Gasteiger partial charge in [-0.15, -0.1) is 0 Å². The van der Waals surface area contributed by atoms with Crippen LogP contribution in [0.5, 0.6) is 0 Å². The third-order valence-electron chi connectivity index (χ3n) is 9.32. The van der Waals surface area contributed by atoms with Crippen molar-refractivity contribution in [2.75, 3.05) is 0 Å². The molecule has 0 saturated heterocycles. The molecule has 48 heavy (non-hydrogen) atoms. The number of para-hydroxylation sites is 4. The first-order valence-electron chi connectivity index (χ1n) is 15.8. The molecule has 0 aliphatic heterocycles. The lowest BCUT2D eigenvalue weighted by molar-refractivity contribution is 1.14. The van der Waals surface area contributed by atoms with Gasteiger partial charge in [0.25, 0.3) is 0 Å². The quantitative estimate of drug-likeness (QED) is 0.199. The van der Waals surface area contributed by atoms with Crippen LogP contribution in [-0.2, 0) is 0 Å². The van der Waals surface area contributed by atoms with Crippen LogP contribution in [0.15, 0.2) is 152 Å². The van der Waals surface area contributed by atoms with E-state index in [9.17, 15) is 10.5 Å². The predicted octanol–water partition coefficient (Wildman–Crippen LogP) is 10.4. The predicted molar refractivity (Wildman–Crippen MR) is 193 cm³/mol. The van der Waals surface area contributed by atoms with Crippen molar-refractivity contribution in [3.05, 3.63) is 163 Å². The lowest BCUT2D eigenvalue weighted by Crippen LogP contribution is -2.01. The van der Waals surface area contributed by atoms with Crippen LogP contribution in [0.2, 0.25) is 0 Å². The summed E-state index contributed by atoms with van der Waals surface area (Å²) in [4.78, 5) is 4.56. The van der Waals surface area contributed by atoms with E-state index < -0.39 is 0 Å². The van der Waals surface area contributed by atoms with E-state index in [1.807, 2.05) is 72.9 Å². The molecule has 3 heterocycles. The molecule has 0 atom stereocenters. The molecule has 0 N–H and O–H groups in total. The van der Waals surface area contributed by atoms with Gasteiger partial charge in [-0.1, -0.05) is 91.0 Å². The largest absolute Gasteiger partial charge is 0.309 e. The Balaban J connectivity index is 1.33. The fraction of sp³-hybridized carbons (Fsp3) is 0. The molecule has 222 valence electrons. The molecule has 0 aliphatic carbocycles. The van der Waals surface area contributed by atoms with E-state index in [0.717, 1.165) is 77.2 Å². The topological polar surface area (TPSA) is 70.3 Å². The second-order valence-electron chi connectivity index (χ2n) is 11.8. The van der Waals surface area contributed by atoms with Crippen LogP contribution in [0, 0.1) is 22.7 Å². The number of hydrogen-bond acceptors (Lipinski definition) is 3. The van der Waals surface area contributed by atoms with Crippen molar-refractivity contribution in [1.82, 2.24) is 14.1 Å². The van der Waals surface area contributed by atoms with E-state index in [1.54, 1.807) is 6.20 Å². The maximum Gasteiger partial charge on any atom is 0.100 e. The molecule has 0 fully saturated rings. The standard InChI is InChI=1S/C43H25N5/c44-25-28-20-21-42(47-38-16-5-1-10-31(38)32-11-2-6-17-39(32)47)36(24-28)30-15-9-14-29(37(30)26-45)35-22-23-46-27-43(35)48-40-18-7-3-12-33(40)34-13-4-8-19-41(34)48/h1-24,27H. The molecule has 0 spiro atoms. The molecule has 0 amide bonds. The molecule has 0 radical (unpaired) electrons. The summed E-state index contributed by atoms with van der Waals surface area (Å²) in [5, 5.41) is 25.5. The van der Waals surface area contributed by atoms with Crippen molar-refractivity contribution in [3.8, 4) is 45.8 Å². The van der Waals surface area contributed by atoms with Crippen LogP contribution in [-0.4, -0.2) is 14.1 Å². The van der Waals surface area contributed by atoms with Crippen LogP contribution >= 0.6 is 0 Å².